The van der Waals surface area contributed by atoms with Crippen molar-refractivity contribution in [2.75, 3.05) is 11.9 Å². The first-order valence-electron chi connectivity index (χ1n) is 7.30. The third-order valence-corrected chi connectivity index (χ3v) is 4.51. The molecule has 2 rings (SSSR count). The topological polar surface area (TPSA) is 12.0 Å². The summed E-state index contributed by atoms with van der Waals surface area (Å²) in [5, 5.41) is 4.27. The number of benzene rings is 1. The van der Waals surface area contributed by atoms with Crippen LogP contribution in [-0.4, -0.2) is 6.54 Å². The molecule has 0 bridgehead atoms. The van der Waals surface area contributed by atoms with Gasteiger partial charge in [0.1, 0.15) is 0 Å². The highest BCUT2D eigenvalue weighted by atomic mass is 35.5. The average molecular weight is 278 g/mol. The van der Waals surface area contributed by atoms with Gasteiger partial charge in [-0.15, -0.1) is 0 Å². The van der Waals surface area contributed by atoms with Crippen LogP contribution in [0.1, 0.15) is 39.5 Å². The van der Waals surface area contributed by atoms with E-state index in [4.69, 9.17) is 11.6 Å². The van der Waals surface area contributed by atoms with Crippen molar-refractivity contribution in [1.29, 1.82) is 0 Å². The number of hydrogen-bond donors (Lipinski definition) is 1. The van der Waals surface area contributed by atoms with Gasteiger partial charge in [-0.05, 0) is 68.7 Å². The lowest BCUT2D eigenvalue weighted by Crippen LogP contribution is -2.17. The van der Waals surface area contributed by atoms with E-state index in [9.17, 15) is 0 Å². The molecule has 0 fully saturated rings. The van der Waals surface area contributed by atoms with Crippen molar-refractivity contribution >= 4 is 17.3 Å². The second-order valence-corrected chi connectivity index (χ2v) is 6.22. The van der Waals surface area contributed by atoms with Crippen molar-refractivity contribution in [3.63, 3.8) is 0 Å². The fraction of sp³-hybridized carbons (Fsp3) is 0.529. The second-order valence-electron chi connectivity index (χ2n) is 5.78. The maximum atomic E-state index is 5.88. The highest BCUT2D eigenvalue weighted by Crippen LogP contribution is 2.30. The molecule has 1 aliphatic rings. The van der Waals surface area contributed by atoms with E-state index in [1.165, 1.54) is 25.7 Å². The van der Waals surface area contributed by atoms with Crippen LogP contribution in [0.25, 0.3) is 0 Å². The fourth-order valence-corrected chi connectivity index (χ4v) is 2.88. The van der Waals surface area contributed by atoms with Crippen molar-refractivity contribution in [3.05, 3.63) is 40.9 Å². The van der Waals surface area contributed by atoms with Crippen molar-refractivity contribution in [2.24, 2.45) is 11.8 Å². The predicted octanol–water partition coefficient (Wildman–Crippen LogP) is 5.52. The molecule has 0 radical (unpaired) electrons. The summed E-state index contributed by atoms with van der Waals surface area (Å²) >= 11 is 5.88. The van der Waals surface area contributed by atoms with Crippen molar-refractivity contribution < 1.29 is 0 Å². The Bertz CT molecular complexity index is 421. The molecule has 1 unspecified atom stereocenters. The molecule has 19 heavy (non-hydrogen) atoms. The van der Waals surface area contributed by atoms with E-state index in [2.05, 4.69) is 25.2 Å². The van der Waals surface area contributed by atoms with Gasteiger partial charge in [-0.3, -0.25) is 0 Å². The number of rotatable bonds is 5. The van der Waals surface area contributed by atoms with E-state index < -0.39 is 0 Å². The van der Waals surface area contributed by atoms with Gasteiger partial charge in [-0.2, -0.15) is 0 Å². The van der Waals surface area contributed by atoms with Gasteiger partial charge in [0.15, 0.2) is 0 Å². The minimum atomic E-state index is 0.795. The maximum Gasteiger partial charge on any atom is 0.0407 e. The predicted molar refractivity (Wildman–Crippen MR) is 84.8 cm³/mol. The monoisotopic (exact) mass is 277 g/mol. The molecule has 0 spiro atoms. The summed E-state index contributed by atoms with van der Waals surface area (Å²) in [4.78, 5) is 0. The lowest BCUT2D eigenvalue weighted by molar-refractivity contribution is 0.316. The Morgan fingerprint density at radius 3 is 2.68 bits per heavy atom. The molecule has 1 N–H and O–H groups in total. The van der Waals surface area contributed by atoms with Gasteiger partial charge in [0.2, 0.25) is 0 Å². The first kappa shape index (κ1) is 14.5. The summed E-state index contributed by atoms with van der Waals surface area (Å²) in [6.07, 6.45) is 7.59. The lowest BCUT2D eigenvalue weighted by Gasteiger charge is -2.26. The Balaban J connectivity index is 1.72. The summed E-state index contributed by atoms with van der Waals surface area (Å²) in [5.74, 6) is 1.67. The SMILES string of the molecule is CC1=CC[C@H](C(C)CCNc2ccc(Cl)cc2)CC1. The summed E-state index contributed by atoms with van der Waals surface area (Å²) in [7, 11) is 0. The number of hydrogen-bond acceptors (Lipinski definition) is 1. The molecule has 2 atom stereocenters. The van der Waals surface area contributed by atoms with E-state index >= 15 is 0 Å². The van der Waals surface area contributed by atoms with Gasteiger partial charge in [-0.1, -0.05) is 30.2 Å². The van der Waals surface area contributed by atoms with Crippen LogP contribution >= 0.6 is 11.6 Å². The zero-order valence-electron chi connectivity index (χ0n) is 12.0. The molecule has 0 saturated carbocycles. The largest absolute Gasteiger partial charge is 0.385 e. The van der Waals surface area contributed by atoms with Crippen molar-refractivity contribution in [3.8, 4) is 0 Å². The summed E-state index contributed by atoms with van der Waals surface area (Å²) in [6, 6.07) is 7.95. The third-order valence-electron chi connectivity index (χ3n) is 4.26. The first-order valence-corrected chi connectivity index (χ1v) is 7.68. The molecule has 0 heterocycles. The van der Waals surface area contributed by atoms with Gasteiger partial charge in [0.05, 0.1) is 0 Å². The molecule has 1 nitrogen and oxygen atoms in total. The molecule has 0 amide bonds. The highest BCUT2D eigenvalue weighted by Gasteiger charge is 2.18. The van der Waals surface area contributed by atoms with Gasteiger partial charge >= 0.3 is 0 Å². The van der Waals surface area contributed by atoms with Crippen LogP contribution in [0.3, 0.4) is 0 Å². The molecule has 1 aromatic carbocycles. The van der Waals surface area contributed by atoms with Crippen LogP contribution < -0.4 is 5.32 Å². The Morgan fingerprint density at radius 2 is 2.05 bits per heavy atom. The normalized spacial score (nSPS) is 20.8. The average Bonchev–Trinajstić information content (AvgIpc) is 2.41. The van der Waals surface area contributed by atoms with E-state index in [1.807, 2.05) is 24.3 Å². The molecule has 1 aliphatic carbocycles. The first-order chi connectivity index (χ1) is 9.15. The smallest absolute Gasteiger partial charge is 0.0407 e. The minimum absolute atomic E-state index is 0.795. The van der Waals surface area contributed by atoms with Crippen LogP contribution in [0.15, 0.2) is 35.9 Å². The van der Waals surface area contributed by atoms with Gasteiger partial charge in [0, 0.05) is 17.3 Å². The van der Waals surface area contributed by atoms with E-state index in [0.29, 0.717) is 0 Å². The fourth-order valence-electron chi connectivity index (χ4n) is 2.75. The molecule has 1 aromatic rings. The van der Waals surface area contributed by atoms with Crippen LogP contribution in [0, 0.1) is 11.8 Å². The number of nitrogens with one attached hydrogen (secondary N) is 1. The molecule has 0 aliphatic heterocycles. The van der Waals surface area contributed by atoms with Gasteiger partial charge in [0.25, 0.3) is 0 Å². The molecule has 104 valence electrons. The van der Waals surface area contributed by atoms with Crippen molar-refractivity contribution in [2.45, 2.75) is 39.5 Å². The van der Waals surface area contributed by atoms with Gasteiger partial charge in [-0.25, -0.2) is 0 Å². The van der Waals surface area contributed by atoms with E-state index in [-0.39, 0.29) is 0 Å². The zero-order valence-corrected chi connectivity index (χ0v) is 12.7. The zero-order chi connectivity index (χ0) is 13.7. The van der Waals surface area contributed by atoms with Crippen LogP contribution in [0.5, 0.6) is 0 Å². The van der Waals surface area contributed by atoms with Crippen LogP contribution in [0.2, 0.25) is 5.02 Å². The van der Waals surface area contributed by atoms with Gasteiger partial charge < -0.3 is 5.32 Å². The number of allylic oxidation sites excluding steroid dienone is 2. The minimum Gasteiger partial charge on any atom is -0.385 e. The van der Waals surface area contributed by atoms with E-state index in [1.54, 1.807) is 5.57 Å². The molecular weight excluding hydrogens is 254 g/mol. The summed E-state index contributed by atoms with van der Waals surface area (Å²) in [6.45, 7) is 5.69. The maximum absolute atomic E-state index is 5.88. The molecule has 2 heteroatoms. The number of anilines is 1. The Morgan fingerprint density at radius 1 is 1.32 bits per heavy atom. The number of halogens is 1. The Hall–Kier alpha value is -0.950. The Labute approximate surface area is 122 Å². The summed E-state index contributed by atoms with van der Waals surface area (Å²) < 4.78 is 0. The van der Waals surface area contributed by atoms with E-state index in [0.717, 1.165) is 29.1 Å². The second kappa shape index (κ2) is 7.00. The van der Waals surface area contributed by atoms with Crippen molar-refractivity contribution in [1.82, 2.24) is 0 Å². The third kappa shape index (κ3) is 4.58. The molecular formula is C17H24ClN. The highest BCUT2D eigenvalue weighted by molar-refractivity contribution is 6.30. The summed E-state index contributed by atoms with van der Waals surface area (Å²) in [5.41, 5.74) is 2.73. The molecule has 0 aromatic heterocycles. The lowest BCUT2D eigenvalue weighted by atomic mass is 9.80. The van der Waals surface area contributed by atoms with Crippen LogP contribution in [0.4, 0.5) is 5.69 Å². The quantitative estimate of drug-likeness (QED) is 0.698. The molecule has 0 saturated heterocycles. The standard InChI is InChI=1S/C17H24ClN/c1-13-3-5-15(6-4-13)14(2)11-12-19-17-9-7-16(18)8-10-17/h3,7-10,14-15,19H,4-6,11-12H2,1-2H3/t14?,15-/m0/s1. The Kier molecular flexibility index (Phi) is 5.33. The van der Waals surface area contributed by atoms with Crippen LogP contribution in [-0.2, 0) is 0 Å².